The molecule has 564 valence electrons. The van der Waals surface area contributed by atoms with Crippen molar-refractivity contribution in [3.8, 4) is 33.5 Å². The third kappa shape index (κ3) is 14.2. The van der Waals surface area contributed by atoms with Crippen molar-refractivity contribution in [3.63, 3.8) is 0 Å². The number of pyridine rings is 5. The summed E-state index contributed by atoms with van der Waals surface area (Å²) in [6.45, 7) is 6.60. The molecule has 8 aliphatic rings. The predicted octanol–water partition coefficient (Wildman–Crippen LogP) is 10.7. The molecule has 19 rings (SSSR count). The molecular weight excluding hydrogens is 1410 g/mol. The smallest absolute Gasteiger partial charge is 0.393 e. The number of carbonyl (C=O) groups is 4. The maximum atomic E-state index is 13.5. The lowest BCUT2D eigenvalue weighted by atomic mass is 9.91. The quantitative estimate of drug-likeness (QED) is 0.0484. The molecule has 0 radical (unpaired) electrons. The van der Waals surface area contributed by atoms with Crippen LogP contribution in [0.3, 0.4) is 0 Å². The highest BCUT2D eigenvalue weighted by Gasteiger charge is 2.37. The highest BCUT2D eigenvalue weighted by Crippen LogP contribution is 2.43. The second kappa shape index (κ2) is 29.6. The molecule has 0 bridgehead atoms. The lowest BCUT2D eigenvalue weighted by Crippen LogP contribution is -2.37. The Morgan fingerprint density at radius 3 is 1.45 bits per heavy atom. The van der Waals surface area contributed by atoms with Gasteiger partial charge in [-0.1, -0.05) is 18.2 Å². The number of halogens is 3. The average molecular weight is 1490 g/mol. The number of nitrogens with one attached hydrogen (secondary N) is 7. The van der Waals surface area contributed by atoms with Crippen LogP contribution in [0, 0.1) is 5.92 Å². The van der Waals surface area contributed by atoms with Crippen LogP contribution in [0.25, 0.3) is 50.2 Å². The van der Waals surface area contributed by atoms with Crippen LogP contribution in [0.15, 0.2) is 147 Å². The van der Waals surface area contributed by atoms with Crippen molar-refractivity contribution in [2.24, 2.45) is 13.0 Å². The maximum Gasteiger partial charge on any atom is 0.419 e. The van der Waals surface area contributed by atoms with Gasteiger partial charge in [0.25, 0.3) is 17.7 Å². The minimum Gasteiger partial charge on any atom is -0.393 e. The Kier molecular flexibility index (Phi) is 19.1. The number of piperidine rings is 3. The lowest BCUT2D eigenvalue weighted by molar-refractivity contribution is -0.136. The molecule has 15 heterocycles. The molecule has 4 amide bonds. The van der Waals surface area contributed by atoms with E-state index in [0.717, 1.165) is 188 Å². The van der Waals surface area contributed by atoms with Gasteiger partial charge in [-0.25, -0.2) is 24.9 Å². The Balaban J connectivity index is 0.000000121. The van der Waals surface area contributed by atoms with E-state index in [-0.39, 0.29) is 60.1 Å². The summed E-state index contributed by atoms with van der Waals surface area (Å²) in [5, 5.41) is 56.8. The van der Waals surface area contributed by atoms with E-state index in [9.17, 15) is 47.7 Å². The van der Waals surface area contributed by atoms with E-state index in [2.05, 4.69) is 100 Å². The molecule has 3 saturated heterocycles. The molecule has 1 unspecified atom stereocenters. The number of amides is 4. The highest BCUT2D eigenvalue weighted by molar-refractivity contribution is 6.09. The van der Waals surface area contributed by atoms with Crippen LogP contribution >= 0.6 is 0 Å². The minimum atomic E-state index is -4.53. The van der Waals surface area contributed by atoms with Crippen LogP contribution < -0.4 is 51.9 Å². The number of anilines is 9. The number of rotatable bonds is 14. The number of aliphatic hydroxyl groups is 3. The van der Waals surface area contributed by atoms with Gasteiger partial charge in [-0.2, -0.15) is 18.3 Å². The van der Waals surface area contributed by atoms with Gasteiger partial charge in [-0.15, -0.1) is 0 Å². The van der Waals surface area contributed by atoms with Crippen LogP contribution in [-0.2, 0) is 50.6 Å². The molecule has 7 aliphatic heterocycles. The third-order valence-electron chi connectivity index (χ3n) is 22.2. The number of nitrogens with zero attached hydrogens (tertiary/aromatic N) is 12. The highest BCUT2D eigenvalue weighted by atomic mass is 19.4. The van der Waals surface area contributed by atoms with E-state index in [4.69, 9.17) is 0 Å². The van der Waals surface area contributed by atoms with E-state index in [1.165, 1.54) is 22.9 Å². The zero-order chi connectivity index (χ0) is 75.5. The van der Waals surface area contributed by atoms with E-state index in [1.54, 1.807) is 18.3 Å². The third-order valence-corrected chi connectivity index (χ3v) is 22.2. The first kappa shape index (κ1) is 71.0. The van der Waals surface area contributed by atoms with Gasteiger partial charge < -0.3 is 71.8 Å². The van der Waals surface area contributed by atoms with Crippen LogP contribution in [-0.4, -0.2) is 146 Å². The first-order chi connectivity index (χ1) is 53.4. The van der Waals surface area contributed by atoms with Crippen molar-refractivity contribution in [1.82, 2.24) is 64.9 Å². The number of fused-ring (bicyclic) bond motifs is 6. The number of carbonyl (C=O) groups excluding carboxylic acids is 4. The van der Waals surface area contributed by atoms with Crippen molar-refractivity contribution < 1.29 is 47.7 Å². The summed E-state index contributed by atoms with van der Waals surface area (Å²) in [7, 11) is 1.98. The number of aromatic nitrogens is 9. The van der Waals surface area contributed by atoms with Crippen molar-refractivity contribution in [1.29, 1.82) is 0 Å². The first-order valence-corrected chi connectivity index (χ1v) is 37.5. The summed E-state index contributed by atoms with van der Waals surface area (Å²) >= 11 is 0. The van der Waals surface area contributed by atoms with Crippen molar-refractivity contribution >= 4 is 91.9 Å². The monoisotopic (exact) mass is 1490 g/mol. The summed E-state index contributed by atoms with van der Waals surface area (Å²) < 4.78 is 45.8. The number of imidazole rings is 1. The zero-order valence-corrected chi connectivity index (χ0v) is 60.4. The summed E-state index contributed by atoms with van der Waals surface area (Å²) in [6.07, 6.45) is 17.1. The number of aliphatic hydroxyl groups excluding tert-OH is 3. The summed E-state index contributed by atoms with van der Waals surface area (Å²) in [5.74, 6) is 1.55. The number of alkyl halides is 3. The summed E-state index contributed by atoms with van der Waals surface area (Å²) in [6, 6.07) is 30.0. The topological polar surface area (TPSA) is 315 Å². The van der Waals surface area contributed by atoms with E-state index < -0.39 is 11.7 Å². The Morgan fingerprint density at radius 1 is 0.500 bits per heavy atom. The molecule has 8 aromatic heterocycles. The fourth-order valence-electron chi connectivity index (χ4n) is 16.1. The second-order valence-corrected chi connectivity index (χ2v) is 29.3. The molecule has 26 nitrogen and oxygen atoms in total. The van der Waals surface area contributed by atoms with Crippen LogP contribution in [0.4, 0.5) is 64.7 Å². The van der Waals surface area contributed by atoms with E-state index in [1.807, 2.05) is 102 Å². The van der Waals surface area contributed by atoms with Gasteiger partial charge in [0, 0.05) is 113 Å². The molecule has 1 atom stereocenters. The molecule has 4 fully saturated rings. The Hall–Kier alpha value is -12.0. The molecular formula is C81H82F3N19O7. The normalized spacial score (nSPS) is 17.8. The van der Waals surface area contributed by atoms with Crippen LogP contribution in [0.5, 0.6) is 0 Å². The van der Waals surface area contributed by atoms with Gasteiger partial charge >= 0.3 is 6.18 Å². The average Bonchev–Trinajstić information content (AvgIpc) is 1.59. The lowest BCUT2D eigenvalue weighted by Gasteiger charge is -2.31. The van der Waals surface area contributed by atoms with Gasteiger partial charge in [-0.05, 0) is 176 Å². The largest absolute Gasteiger partial charge is 0.419 e. The van der Waals surface area contributed by atoms with Gasteiger partial charge in [0.05, 0.1) is 124 Å². The standard InChI is InChI=1S/C29H33N7O3.C26H23F3N6O2.C26H26N6O2/c37-20-9-11-35(12-10-20)19-4-8-26(30-13-19)34-24-6-5-21(23-14-31-29(39)27(23)24)22-15-32-36-16-17(1-7-25(22)36)28(38)33-18-2-3-18;27-26(28,29)19-2-1-9-35-21(14-31-24(19)35)17-4-5-20(23-18(17)13-32-25(23)37)33-22-6-3-15(12-30-22)34-10-7-16(36)8-11-34;1-31-11-9-20-19(6-10-27-25(20)31)18-3-4-22(24-21(18)15-29-26(24)34)30-23-5-2-16(14-28-23)32-12-7-17(33)8-13-32/h4-6,8,13,15,17-18,20,37H,1-3,7,9-12,14,16H2,(H,30,34)(H,31,39)(H,33,38);1-6,9,12,14,16,36H,7-8,10-11,13H2,(H,30,33)(H,32,37);2-6,9-11,14,17,33H,7-8,12-13,15H2,1H3,(H,28,30)(H,29,34). The van der Waals surface area contributed by atoms with Gasteiger partial charge in [-0.3, -0.25) is 28.3 Å². The molecule has 11 aromatic rings. The molecule has 1 aliphatic carbocycles. The van der Waals surface area contributed by atoms with Crippen molar-refractivity contribution in [3.05, 3.63) is 191 Å². The molecule has 110 heavy (non-hydrogen) atoms. The number of hydrogen-bond acceptors (Lipinski definition) is 19. The van der Waals surface area contributed by atoms with Crippen molar-refractivity contribution in [2.75, 3.05) is 69.9 Å². The molecule has 10 N–H and O–H groups in total. The number of benzene rings is 3. The van der Waals surface area contributed by atoms with Gasteiger partial charge in [0.1, 0.15) is 28.7 Å². The molecule has 1 saturated carbocycles. The minimum absolute atomic E-state index is 0.0493. The predicted molar refractivity (Wildman–Crippen MR) is 411 cm³/mol. The maximum absolute atomic E-state index is 13.5. The number of hydrogen-bond donors (Lipinski definition) is 10. The van der Waals surface area contributed by atoms with Crippen LogP contribution in [0.1, 0.15) is 117 Å². The molecule has 29 heteroatoms. The van der Waals surface area contributed by atoms with E-state index >= 15 is 0 Å². The fourth-order valence-corrected chi connectivity index (χ4v) is 16.1. The van der Waals surface area contributed by atoms with Crippen LogP contribution in [0.2, 0.25) is 0 Å². The Labute approximate surface area is 630 Å². The Morgan fingerprint density at radius 2 is 0.982 bits per heavy atom. The summed E-state index contributed by atoms with van der Waals surface area (Å²) in [5.41, 5.74) is 15.7. The summed E-state index contributed by atoms with van der Waals surface area (Å²) in [4.78, 5) is 79.9. The second-order valence-electron chi connectivity index (χ2n) is 29.3. The van der Waals surface area contributed by atoms with Crippen molar-refractivity contribution in [2.45, 2.75) is 121 Å². The van der Waals surface area contributed by atoms with Gasteiger partial charge in [0.15, 0.2) is 0 Å². The first-order valence-electron chi connectivity index (χ1n) is 37.5. The zero-order valence-electron chi connectivity index (χ0n) is 60.4. The van der Waals surface area contributed by atoms with Gasteiger partial charge in [0.2, 0.25) is 5.91 Å². The molecule has 3 aromatic carbocycles. The SMILES string of the molecule is Cn1ccc2c(-c3ccc(Nc4ccc(N5CCC(O)CC5)cn4)c4c3CNC4=O)ccnc21.O=C1NCc2c(-c3cnc4c(C(F)(F)F)cccn34)ccc(Nc3ccc(N4CCC(O)CC4)cn3)c21.O=C1NCc2c(-c3cnn4c3CCC(C(=O)NC3CC3)C4)ccc(Nc3ccc(N4CCC(O)CC4)cn3)c21. The Bertz CT molecular complexity index is 5350. The van der Waals surface area contributed by atoms with E-state index in [0.29, 0.717) is 82.3 Å². The number of aryl methyl sites for hydroxylation is 1. The molecule has 0 spiro atoms. The fraction of sp³-hybridized carbons (Fsp3) is 0.333.